The van der Waals surface area contributed by atoms with Crippen molar-refractivity contribution in [2.75, 3.05) is 0 Å². The lowest BCUT2D eigenvalue weighted by molar-refractivity contribution is 1.17. The molecule has 0 N–H and O–H groups in total. The van der Waals surface area contributed by atoms with Crippen molar-refractivity contribution in [1.82, 2.24) is 9.13 Å². The minimum absolute atomic E-state index is 1.15. The fourth-order valence-electron chi connectivity index (χ4n) is 8.25. The maximum absolute atomic E-state index is 2.47. The second-order valence-electron chi connectivity index (χ2n) is 13.3. The Kier molecular flexibility index (Phi) is 6.16. The first-order chi connectivity index (χ1) is 25.3. The van der Waals surface area contributed by atoms with E-state index in [9.17, 15) is 0 Å². The van der Waals surface area contributed by atoms with E-state index >= 15 is 0 Å². The lowest BCUT2D eigenvalue weighted by Crippen LogP contribution is -1.95. The molecule has 11 rings (SSSR count). The van der Waals surface area contributed by atoms with Gasteiger partial charge in [0.1, 0.15) is 0 Å². The van der Waals surface area contributed by atoms with E-state index in [4.69, 9.17) is 0 Å². The Morgan fingerprint density at radius 2 is 0.922 bits per heavy atom. The zero-order chi connectivity index (χ0) is 33.5. The van der Waals surface area contributed by atoms with Gasteiger partial charge in [-0.15, -0.1) is 11.3 Å². The summed E-state index contributed by atoms with van der Waals surface area (Å²) in [7, 11) is 0. The predicted octanol–water partition coefficient (Wildman–Crippen LogP) is 13.6. The van der Waals surface area contributed by atoms with Gasteiger partial charge < -0.3 is 9.13 Å². The number of nitrogens with zero attached hydrogens (tertiary/aromatic N) is 2. The number of para-hydroxylation sites is 3. The molecule has 3 heterocycles. The second kappa shape index (κ2) is 11.0. The second-order valence-corrected chi connectivity index (χ2v) is 14.4. The molecule has 51 heavy (non-hydrogen) atoms. The van der Waals surface area contributed by atoms with Gasteiger partial charge in [0.15, 0.2) is 0 Å². The highest BCUT2D eigenvalue weighted by molar-refractivity contribution is 7.26. The van der Waals surface area contributed by atoms with Crippen LogP contribution in [0.5, 0.6) is 0 Å². The van der Waals surface area contributed by atoms with Crippen LogP contribution in [0.4, 0.5) is 0 Å². The Morgan fingerprint density at radius 1 is 0.333 bits per heavy atom. The quantitative estimate of drug-likeness (QED) is 0.177. The number of hydrogen-bond acceptors (Lipinski definition) is 1. The molecule has 8 aromatic carbocycles. The third-order valence-electron chi connectivity index (χ3n) is 10.5. The lowest BCUT2D eigenvalue weighted by Gasteiger charge is -2.11. The minimum atomic E-state index is 1.15. The van der Waals surface area contributed by atoms with Crippen molar-refractivity contribution in [3.05, 3.63) is 182 Å². The summed E-state index contributed by atoms with van der Waals surface area (Å²) < 4.78 is 7.55. The Bertz CT molecular complexity index is 3100. The van der Waals surface area contributed by atoms with E-state index in [1.165, 1.54) is 91.7 Å². The normalized spacial score (nSPS) is 11.9. The van der Waals surface area contributed by atoms with Gasteiger partial charge in [-0.25, -0.2) is 0 Å². The van der Waals surface area contributed by atoms with E-state index in [-0.39, 0.29) is 0 Å². The molecule has 0 spiro atoms. The van der Waals surface area contributed by atoms with Crippen molar-refractivity contribution in [3.63, 3.8) is 0 Å². The number of benzene rings is 8. The van der Waals surface area contributed by atoms with Crippen LogP contribution in [-0.4, -0.2) is 9.13 Å². The van der Waals surface area contributed by atoms with E-state index in [1.54, 1.807) is 0 Å². The standard InChI is InChI=1S/C48H30N2S/c1-2-11-34(12-3-1)49-43-19-8-5-15-41(43)46-44(49)30-29-39-37-13-4-7-18-42(37)50(47(39)46)35-27-25-32(26-28-35)31-21-23-33(24-22-31)36-16-10-17-40-38-14-6-9-20-45(38)51-48(36)40/h1-30H. The smallest absolute Gasteiger partial charge is 0.0641 e. The summed E-state index contributed by atoms with van der Waals surface area (Å²) in [5.41, 5.74) is 12.2. The Morgan fingerprint density at radius 3 is 1.71 bits per heavy atom. The molecule has 0 aliphatic carbocycles. The summed E-state index contributed by atoms with van der Waals surface area (Å²) in [5, 5.41) is 7.73. The highest BCUT2D eigenvalue weighted by Crippen LogP contribution is 2.43. The number of hydrogen-bond donors (Lipinski definition) is 0. The van der Waals surface area contributed by atoms with E-state index in [1.807, 2.05) is 11.3 Å². The van der Waals surface area contributed by atoms with Crippen LogP contribution in [0.1, 0.15) is 0 Å². The molecule has 2 nitrogen and oxygen atoms in total. The number of aromatic nitrogens is 2. The maximum Gasteiger partial charge on any atom is 0.0641 e. The maximum atomic E-state index is 2.47. The summed E-state index contributed by atoms with van der Waals surface area (Å²) in [6.07, 6.45) is 0. The molecule has 11 aromatic rings. The van der Waals surface area contributed by atoms with E-state index in [2.05, 4.69) is 191 Å². The number of rotatable bonds is 4. The first kappa shape index (κ1) is 28.4. The van der Waals surface area contributed by atoms with Crippen molar-refractivity contribution in [3.8, 4) is 33.6 Å². The first-order valence-electron chi connectivity index (χ1n) is 17.4. The summed E-state index contributed by atoms with van der Waals surface area (Å²) in [4.78, 5) is 0. The molecule has 0 unspecified atom stereocenters. The van der Waals surface area contributed by atoms with Crippen LogP contribution in [0.25, 0.3) is 97.4 Å². The third-order valence-corrected chi connectivity index (χ3v) is 11.8. The van der Waals surface area contributed by atoms with Crippen molar-refractivity contribution in [1.29, 1.82) is 0 Å². The third kappa shape index (κ3) is 4.22. The van der Waals surface area contributed by atoms with E-state index in [0.717, 1.165) is 5.69 Å². The Hall–Kier alpha value is -6.42. The Balaban J connectivity index is 1.05. The van der Waals surface area contributed by atoms with Gasteiger partial charge in [-0.3, -0.25) is 0 Å². The van der Waals surface area contributed by atoms with Crippen LogP contribution in [-0.2, 0) is 0 Å². The fraction of sp³-hybridized carbons (Fsp3) is 0. The molecular formula is C48H30N2S. The van der Waals surface area contributed by atoms with Crippen LogP contribution >= 0.6 is 11.3 Å². The van der Waals surface area contributed by atoms with Gasteiger partial charge in [-0.2, -0.15) is 0 Å². The van der Waals surface area contributed by atoms with Crippen molar-refractivity contribution >= 4 is 75.1 Å². The van der Waals surface area contributed by atoms with Crippen molar-refractivity contribution in [2.24, 2.45) is 0 Å². The van der Waals surface area contributed by atoms with Crippen LogP contribution in [0.2, 0.25) is 0 Å². The van der Waals surface area contributed by atoms with Gasteiger partial charge in [0, 0.05) is 53.1 Å². The average Bonchev–Trinajstić information content (AvgIpc) is 3.86. The molecule has 0 saturated heterocycles. The SMILES string of the molecule is c1ccc(-n2c3ccccc3c3c2ccc2c4ccccc4n(-c4ccc(-c5ccc(-c6cccc7c6sc6ccccc67)cc5)cc4)c23)cc1. The summed E-state index contributed by atoms with van der Waals surface area (Å²) in [6.45, 7) is 0. The van der Waals surface area contributed by atoms with Gasteiger partial charge in [0.2, 0.25) is 0 Å². The zero-order valence-electron chi connectivity index (χ0n) is 27.6. The highest BCUT2D eigenvalue weighted by atomic mass is 32.1. The Labute approximate surface area is 298 Å². The van der Waals surface area contributed by atoms with Crippen LogP contribution in [0.3, 0.4) is 0 Å². The van der Waals surface area contributed by atoms with E-state index in [0.29, 0.717) is 0 Å². The van der Waals surface area contributed by atoms with Gasteiger partial charge in [-0.05, 0) is 70.8 Å². The fourth-order valence-corrected chi connectivity index (χ4v) is 9.49. The molecular weight excluding hydrogens is 637 g/mol. The largest absolute Gasteiger partial charge is 0.309 e. The number of fused-ring (bicyclic) bond motifs is 10. The van der Waals surface area contributed by atoms with Crippen LogP contribution < -0.4 is 0 Å². The molecule has 0 fully saturated rings. The molecule has 3 heteroatoms. The van der Waals surface area contributed by atoms with Crippen LogP contribution in [0, 0.1) is 0 Å². The highest BCUT2D eigenvalue weighted by Gasteiger charge is 2.20. The summed E-state index contributed by atoms with van der Waals surface area (Å²) in [6, 6.07) is 66.5. The molecule has 0 radical (unpaired) electrons. The zero-order valence-corrected chi connectivity index (χ0v) is 28.4. The van der Waals surface area contributed by atoms with Crippen LogP contribution in [0.15, 0.2) is 182 Å². The molecule has 0 aliphatic rings. The van der Waals surface area contributed by atoms with Gasteiger partial charge in [0.05, 0.1) is 22.1 Å². The molecule has 0 aliphatic heterocycles. The molecule has 0 bridgehead atoms. The molecule has 3 aromatic heterocycles. The molecule has 0 amide bonds. The van der Waals surface area contributed by atoms with Crippen molar-refractivity contribution < 1.29 is 0 Å². The van der Waals surface area contributed by atoms with Gasteiger partial charge >= 0.3 is 0 Å². The first-order valence-corrected chi connectivity index (χ1v) is 18.3. The van der Waals surface area contributed by atoms with E-state index < -0.39 is 0 Å². The summed E-state index contributed by atoms with van der Waals surface area (Å²) >= 11 is 1.88. The molecule has 238 valence electrons. The minimum Gasteiger partial charge on any atom is -0.309 e. The van der Waals surface area contributed by atoms with Gasteiger partial charge in [0.25, 0.3) is 0 Å². The number of thiophene rings is 1. The van der Waals surface area contributed by atoms with Gasteiger partial charge in [-0.1, -0.05) is 133 Å². The summed E-state index contributed by atoms with van der Waals surface area (Å²) in [5.74, 6) is 0. The molecule has 0 saturated carbocycles. The monoisotopic (exact) mass is 666 g/mol. The topological polar surface area (TPSA) is 9.86 Å². The van der Waals surface area contributed by atoms with Crippen molar-refractivity contribution in [2.45, 2.75) is 0 Å². The average molecular weight is 667 g/mol. The molecule has 0 atom stereocenters. The lowest BCUT2D eigenvalue weighted by atomic mass is 9.99. The predicted molar refractivity (Wildman–Crippen MR) is 219 cm³/mol.